The molecule has 0 bridgehead atoms. The van der Waals surface area contributed by atoms with Crippen LogP contribution in [0, 0.1) is 17.1 Å². The molecular formula is C12H13FN2O. The van der Waals surface area contributed by atoms with E-state index in [0.29, 0.717) is 17.9 Å². The Kier molecular flexibility index (Phi) is 3.07. The highest BCUT2D eigenvalue weighted by Crippen LogP contribution is 2.23. The van der Waals surface area contributed by atoms with Gasteiger partial charge in [-0.25, -0.2) is 4.39 Å². The monoisotopic (exact) mass is 220 g/mol. The Labute approximate surface area is 94.0 Å². The topological polar surface area (TPSA) is 36.3 Å². The number of likely N-dealkylation sites (N-methyl/N-ethyl adjacent to an activating group) is 1. The van der Waals surface area contributed by atoms with Gasteiger partial charge in [-0.05, 0) is 24.6 Å². The minimum absolute atomic E-state index is 0.224. The van der Waals surface area contributed by atoms with Crippen molar-refractivity contribution in [1.82, 2.24) is 0 Å². The predicted octanol–water partition coefficient (Wildman–Crippen LogP) is 1.92. The van der Waals surface area contributed by atoms with E-state index in [9.17, 15) is 4.39 Å². The van der Waals surface area contributed by atoms with Gasteiger partial charge in [0.15, 0.2) is 0 Å². The van der Waals surface area contributed by atoms with Crippen LogP contribution in [-0.2, 0) is 4.74 Å². The zero-order chi connectivity index (χ0) is 11.5. The average Bonchev–Trinajstić information content (AvgIpc) is 2.81. The lowest BCUT2D eigenvalue weighted by Gasteiger charge is -2.25. The van der Waals surface area contributed by atoms with Crippen LogP contribution >= 0.6 is 0 Å². The Bertz CT molecular complexity index is 422. The maximum absolute atomic E-state index is 13.7. The normalized spacial score (nSPS) is 19.4. The molecule has 1 atom stereocenters. The van der Waals surface area contributed by atoms with Gasteiger partial charge >= 0.3 is 0 Å². The van der Waals surface area contributed by atoms with Gasteiger partial charge in [0.25, 0.3) is 0 Å². The van der Waals surface area contributed by atoms with E-state index in [1.165, 1.54) is 6.07 Å². The summed E-state index contributed by atoms with van der Waals surface area (Å²) >= 11 is 0. The van der Waals surface area contributed by atoms with Gasteiger partial charge in [-0.3, -0.25) is 0 Å². The van der Waals surface area contributed by atoms with Crippen LogP contribution in [0.4, 0.5) is 10.1 Å². The van der Waals surface area contributed by atoms with Gasteiger partial charge in [0, 0.05) is 13.7 Å². The van der Waals surface area contributed by atoms with Gasteiger partial charge in [0.2, 0.25) is 0 Å². The lowest BCUT2D eigenvalue weighted by Crippen LogP contribution is -2.32. The first-order valence-corrected chi connectivity index (χ1v) is 5.22. The van der Waals surface area contributed by atoms with Crippen LogP contribution in [0.3, 0.4) is 0 Å². The summed E-state index contributed by atoms with van der Waals surface area (Å²) in [6, 6.07) is 6.68. The molecule has 1 fully saturated rings. The number of ether oxygens (including phenoxy) is 1. The summed E-state index contributed by atoms with van der Waals surface area (Å²) in [4.78, 5) is 1.88. The summed E-state index contributed by atoms with van der Waals surface area (Å²) in [6.07, 6.45) is 0.913. The molecular weight excluding hydrogens is 207 g/mol. The van der Waals surface area contributed by atoms with Crippen molar-refractivity contribution in [3.63, 3.8) is 0 Å². The molecule has 16 heavy (non-hydrogen) atoms. The van der Waals surface area contributed by atoms with Crippen LogP contribution in [0.2, 0.25) is 0 Å². The first-order chi connectivity index (χ1) is 7.72. The molecule has 0 saturated carbocycles. The fourth-order valence-corrected chi connectivity index (χ4v) is 1.89. The van der Waals surface area contributed by atoms with Crippen molar-refractivity contribution in [1.29, 1.82) is 5.26 Å². The number of anilines is 1. The smallest absolute Gasteiger partial charge is 0.147 e. The Morgan fingerprint density at radius 1 is 1.56 bits per heavy atom. The highest BCUT2D eigenvalue weighted by molar-refractivity contribution is 5.51. The molecule has 84 valence electrons. The summed E-state index contributed by atoms with van der Waals surface area (Å²) in [7, 11) is 1.85. The maximum Gasteiger partial charge on any atom is 0.147 e. The average molecular weight is 220 g/mol. The van der Waals surface area contributed by atoms with E-state index >= 15 is 0 Å². The highest BCUT2D eigenvalue weighted by atomic mass is 19.1. The molecule has 4 heteroatoms. The van der Waals surface area contributed by atoms with Crippen LogP contribution in [0.5, 0.6) is 0 Å². The molecule has 1 aliphatic rings. The summed E-state index contributed by atoms with van der Waals surface area (Å²) in [5, 5.41) is 8.65. The van der Waals surface area contributed by atoms with E-state index in [1.54, 1.807) is 12.1 Å². The third kappa shape index (κ3) is 2.00. The summed E-state index contributed by atoms with van der Waals surface area (Å²) in [5.74, 6) is -0.353. The predicted molar refractivity (Wildman–Crippen MR) is 58.7 cm³/mol. The molecule has 1 aromatic carbocycles. The van der Waals surface area contributed by atoms with Gasteiger partial charge in [-0.1, -0.05) is 0 Å². The van der Waals surface area contributed by atoms with Crippen molar-refractivity contribution in [2.75, 3.05) is 25.2 Å². The Morgan fingerprint density at radius 2 is 2.38 bits per heavy atom. The SMILES string of the molecule is CN(c1ccc(C#N)cc1F)C1CCOC1. The molecule has 1 saturated heterocycles. The Morgan fingerprint density at radius 3 is 2.94 bits per heavy atom. The number of nitriles is 1. The molecule has 1 unspecified atom stereocenters. The number of hydrogen-bond acceptors (Lipinski definition) is 3. The molecule has 0 amide bonds. The maximum atomic E-state index is 13.7. The Balaban J connectivity index is 2.23. The molecule has 0 aliphatic carbocycles. The number of benzene rings is 1. The van der Waals surface area contributed by atoms with Gasteiger partial charge in [0.1, 0.15) is 5.82 Å². The van der Waals surface area contributed by atoms with Crippen LogP contribution in [0.1, 0.15) is 12.0 Å². The standard InChI is InChI=1S/C12H13FN2O/c1-15(10-4-5-16-8-10)12-3-2-9(7-14)6-11(12)13/h2-3,6,10H,4-5,8H2,1H3. The highest BCUT2D eigenvalue weighted by Gasteiger charge is 2.22. The van der Waals surface area contributed by atoms with Crippen molar-refractivity contribution in [3.8, 4) is 6.07 Å². The molecule has 3 nitrogen and oxygen atoms in total. The number of nitrogens with zero attached hydrogens (tertiary/aromatic N) is 2. The molecule has 0 spiro atoms. The van der Waals surface area contributed by atoms with Crippen LogP contribution in [-0.4, -0.2) is 26.3 Å². The third-order valence-corrected chi connectivity index (χ3v) is 2.91. The summed E-state index contributed by atoms with van der Waals surface area (Å²) in [5.41, 5.74) is 0.867. The third-order valence-electron chi connectivity index (χ3n) is 2.91. The van der Waals surface area contributed by atoms with Crippen molar-refractivity contribution < 1.29 is 9.13 Å². The molecule has 2 rings (SSSR count). The van der Waals surface area contributed by atoms with Gasteiger partial charge < -0.3 is 9.64 Å². The zero-order valence-electron chi connectivity index (χ0n) is 9.11. The van der Waals surface area contributed by atoms with E-state index in [4.69, 9.17) is 10.00 Å². The number of halogens is 1. The van der Waals surface area contributed by atoms with E-state index in [-0.39, 0.29) is 11.9 Å². The van der Waals surface area contributed by atoms with Gasteiger partial charge in [-0.2, -0.15) is 5.26 Å². The zero-order valence-corrected chi connectivity index (χ0v) is 9.11. The number of rotatable bonds is 2. The fourth-order valence-electron chi connectivity index (χ4n) is 1.89. The molecule has 1 heterocycles. The van der Waals surface area contributed by atoms with E-state index in [2.05, 4.69) is 0 Å². The van der Waals surface area contributed by atoms with E-state index < -0.39 is 0 Å². The first kappa shape index (κ1) is 10.9. The summed E-state index contributed by atoms with van der Waals surface area (Å²) < 4.78 is 19.0. The second kappa shape index (κ2) is 4.50. The van der Waals surface area contributed by atoms with Gasteiger partial charge in [0.05, 0.1) is 30.0 Å². The van der Waals surface area contributed by atoms with E-state index in [0.717, 1.165) is 13.0 Å². The molecule has 0 N–H and O–H groups in total. The quantitative estimate of drug-likeness (QED) is 0.764. The first-order valence-electron chi connectivity index (χ1n) is 5.22. The minimum atomic E-state index is -0.353. The lowest BCUT2D eigenvalue weighted by atomic mass is 10.1. The molecule has 0 radical (unpaired) electrons. The van der Waals surface area contributed by atoms with Crippen LogP contribution < -0.4 is 4.90 Å². The molecule has 1 aliphatic heterocycles. The van der Waals surface area contributed by atoms with E-state index in [1.807, 2.05) is 18.0 Å². The van der Waals surface area contributed by atoms with Crippen molar-refractivity contribution >= 4 is 5.69 Å². The fraction of sp³-hybridized carbons (Fsp3) is 0.417. The van der Waals surface area contributed by atoms with Crippen LogP contribution in [0.15, 0.2) is 18.2 Å². The lowest BCUT2D eigenvalue weighted by molar-refractivity contribution is 0.193. The van der Waals surface area contributed by atoms with Crippen LogP contribution in [0.25, 0.3) is 0 Å². The molecule has 0 aromatic heterocycles. The summed E-state index contributed by atoms with van der Waals surface area (Å²) in [6.45, 7) is 1.36. The second-order valence-corrected chi connectivity index (χ2v) is 3.91. The second-order valence-electron chi connectivity index (χ2n) is 3.91. The number of hydrogen-bond donors (Lipinski definition) is 0. The largest absolute Gasteiger partial charge is 0.379 e. The minimum Gasteiger partial charge on any atom is -0.379 e. The van der Waals surface area contributed by atoms with Crippen molar-refractivity contribution in [2.24, 2.45) is 0 Å². The Hall–Kier alpha value is -1.60. The van der Waals surface area contributed by atoms with Gasteiger partial charge in [-0.15, -0.1) is 0 Å². The van der Waals surface area contributed by atoms with Crippen molar-refractivity contribution in [2.45, 2.75) is 12.5 Å². The van der Waals surface area contributed by atoms with Crippen molar-refractivity contribution in [3.05, 3.63) is 29.6 Å². The molecule has 1 aromatic rings.